The van der Waals surface area contributed by atoms with Gasteiger partial charge in [0.25, 0.3) is 0 Å². The summed E-state index contributed by atoms with van der Waals surface area (Å²) >= 11 is 1.65. The van der Waals surface area contributed by atoms with Gasteiger partial charge in [-0.1, -0.05) is 0 Å². The summed E-state index contributed by atoms with van der Waals surface area (Å²) < 4.78 is 2.07. The van der Waals surface area contributed by atoms with Gasteiger partial charge in [0.2, 0.25) is 5.91 Å². The second-order valence-electron chi connectivity index (χ2n) is 6.55. The molecule has 4 rings (SSSR count). The van der Waals surface area contributed by atoms with E-state index in [0.717, 1.165) is 44.1 Å². The van der Waals surface area contributed by atoms with E-state index in [9.17, 15) is 4.79 Å². The average Bonchev–Trinajstić information content (AvgIpc) is 3.23. The Morgan fingerprint density at radius 1 is 1.41 bits per heavy atom. The molecular weight excluding hydrogens is 296 g/mol. The van der Waals surface area contributed by atoms with Crippen LogP contribution in [0, 0.1) is 5.41 Å². The maximum absolute atomic E-state index is 12.4. The molecule has 0 saturated carbocycles. The van der Waals surface area contributed by atoms with Crippen molar-refractivity contribution in [1.29, 1.82) is 0 Å². The van der Waals surface area contributed by atoms with Gasteiger partial charge in [-0.2, -0.15) is 11.3 Å². The summed E-state index contributed by atoms with van der Waals surface area (Å²) in [6.45, 7) is 3.78. The van der Waals surface area contributed by atoms with Crippen molar-refractivity contribution in [3.63, 3.8) is 0 Å². The van der Waals surface area contributed by atoms with Gasteiger partial charge in [0, 0.05) is 49.7 Å². The highest BCUT2D eigenvalue weighted by Crippen LogP contribution is 2.42. The monoisotopic (exact) mass is 316 g/mol. The topological polar surface area (TPSA) is 41.4 Å². The Bertz CT molecular complexity index is 680. The van der Waals surface area contributed by atoms with Crippen molar-refractivity contribution < 1.29 is 4.79 Å². The predicted molar refractivity (Wildman–Crippen MR) is 86.8 cm³/mol. The Morgan fingerprint density at radius 2 is 2.32 bits per heavy atom. The minimum absolute atomic E-state index is 0.129. The molecule has 1 amide bonds. The molecular formula is C16H20N4OS. The van der Waals surface area contributed by atoms with Crippen LogP contribution in [-0.2, 0) is 18.4 Å². The van der Waals surface area contributed by atoms with Gasteiger partial charge in [0.05, 0.1) is 12.2 Å². The molecule has 0 aromatic carbocycles. The van der Waals surface area contributed by atoms with Gasteiger partial charge in [0.15, 0.2) is 0 Å². The second kappa shape index (κ2) is 5.21. The lowest BCUT2D eigenvalue weighted by molar-refractivity contribution is -0.117. The number of imidazole rings is 1. The summed E-state index contributed by atoms with van der Waals surface area (Å²) in [5, 5.41) is 4.10. The molecule has 2 saturated heterocycles. The zero-order valence-corrected chi connectivity index (χ0v) is 13.6. The fraction of sp³-hybridized carbons (Fsp3) is 0.500. The Morgan fingerprint density at radius 3 is 3.05 bits per heavy atom. The molecule has 2 aliphatic rings. The first-order valence-corrected chi connectivity index (χ1v) is 8.61. The first-order chi connectivity index (χ1) is 10.7. The number of likely N-dealkylation sites (tertiary alicyclic amines) is 1. The van der Waals surface area contributed by atoms with E-state index in [-0.39, 0.29) is 11.3 Å². The number of aromatic nitrogens is 2. The van der Waals surface area contributed by atoms with E-state index in [1.165, 1.54) is 0 Å². The number of aryl methyl sites for hydroxylation is 1. The van der Waals surface area contributed by atoms with Gasteiger partial charge in [-0.25, -0.2) is 4.98 Å². The highest BCUT2D eigenvalue weighted by Gasteiger charge is 2.47. The molecule has 116 valence electrons. The van der Waals surface area contributed by atoms with Crippen LogP contribution in [0.3, 0.4) is 0 Å². The van der Waals surface area contributed by atoms with Gasteiger partial charge >= 0.3 is 0 Å². The number of rotatable bonds is 3. The van der Waals surface area contributed by atoms with Crippen molar-refractivity contribution >= 4 is 22.9 Å². The van der Waals surface area contributed by atoms with Gasteiger partial charge < -0.3 is 9.47 Å². The van der Waals surface area contributed by atoms with Crippen molar-refractivity contribution in [1.82, 2.24) is 14.5 Å². The number of carbonyl (C=O) groups is 1. The van der Waals surface area contributed by atoms with Crippen LogP contribution in [0.25, 0.3) is 0 Å². The summed E-state index contributed by atoms with van der Waals surface area (Å²) in [5.41, 5.74) is 1.19. The van der Waals surface area contributed by atoms with Crippen LogP contribution in [-0.4, -0.2) is 40.0 Å². The van der Waals surface area contributed by atoms with E-state index < -0.39 is 0 Å². The van der Waals surface area contributed by atoms with E-state index in [4.69, 9.17) is 0 Å². The van der Waals surface area contributed by atoms with E-state index in [1.54, 1.807) is 11.3 Å². The molecule has 0 aliphatic carbocycles. The number of anilines is 1. The maximum Gasteiger partial charge on any atom is 0.227 e. The third-order valence-corrected chi connectivity index (χ3v) is 5.61. The molecule has 4 heterocycles. The fourth-order valence-electron chi connectivity index (χ4n) is 3.73. The number of hydrogen-bond acceptors (Lipinski definition) is 4. The van der Waals surface area contributed by atoms with E-state index in [1.807, 2.05) is 35.8 Å². The summed E-state index contributed by atoms with van der Waals surface area (Å²) in [6.07, 6.45) is 5.61. The molecule has 2 aromatic heterocycles. The lowest BCUT2D eigenvalue weighted by atomic mass is 9.86. The lowest BCUT2D eigenvalue weighted by Gasteiger charge is -2.23. The summed E-state index contributed by atoms with van der Waals surface area (Å²) in [5.74, 6) is 1.37. The minimum atomic E-state index is 0.129. The van der Waals surface area contributed by atoms with Crippen LogP contribution in [0.2, 0.25) is 0 Å². The van der Waals surface area contributed by atoms with E-state index in [2.05, 4.69) is 19.8 Å². The molecule has 0 unspecified atom stereocenters. The van der Waals surface area contributed by atoms with E-state index in [0.29, 0.717) is 6.42 Å². The van der Waals surface area contributed by atoms with Crippen molar-refractivity contribution in [2.24, 2.45) is 12.5 Å². The number of thiophene rings is 1. The summed E-state index contributed by atoms with van der Waals surface area (Å²) in [7, 11) is 2.03. The fourth-order valence-corrected chi connectivity index (χ4v) is 4.37. The zero-order valence-electron chi connectivity index (χ0n) is 12.7. The molecule has 2 aromatic rings. The first kappa shape index (κ1) is 14.0. The van der Waals surface area contributed by atoms with Crippen molar-refractivity contribution in [3.8, 4) is 0 Å². The van der Waals surface area contributed by atoms with Crippen molar-refractivity contribution in [2.45, 2.75) is 19.4 Å². The molecule has 5 nitrogen and oxygen atoms in total. The molecule has 22 heavy (non-hydrogen) atoms. The lowest BCUT2D eigenvalue weighted by Crippen LogP contribution is -2.31. The normalized spacial score (nSPS) is 25.7. The highest BCUT2D eigenvalue weighted by molar-refractivity contribution is 7.08. The zero-order chi connectivity index (χ0) is 15.2. The average molecular weight is 316 g/mol. The van der Waals surface area contributed by atoms with Crippen LogP contribution < -0.4 is 4.90 Å². The quantitative estimate of drug-likeness (QED) is 0.871. The Kier molecular flexibility index (Phi) is 3.31. The van der Waals surface area contributed by atoms with E-state index >= 15 is 0 Å². The van der Waals surface area contributed by atoms with Gasteiger partial charge in [-0.3, -0.25) is 9.69 Å². The highest BCUT2D eigenvalue weighted by atomic mass is 32.1. The molecule has 2 fully saturated rings. The number of amides is 1. The van der Waals surface area contributed by atoms with Crippen LogP contribution in [0.1, 0.15) is 18.7 Å². The molecule has 6 heteroatoms. The Hall–Kier alpha value is -1.66. The molecule has 1 spiro atoms. The summed E-state index contributed by atoms with van der Waals surface area (Å²) in [6, 6.07) is 2.04. The summed E-state index contributed by atoms with van der Waals surface area (Å²) in [4.78, 5) is 21.2. The molecule has 0 radical (unpaired) electrons. The number of nitrogens with zero attached hydrogens (tertiary/aromatic N) is 4. The van der Waals surface area contributed by atoms with Crippen LogP contribution >= 0.6 is 11.3 Å². The van der Waals surface area contributed by atoms with Crippen LogP contribution in [0.5, 0.6) is 0 Å². The third-order valence-electron chi connectivity index (χ3n) is 4.94. The smallest absolute Gasteiger partial charge is 0.227 e. The molecule has 1 atom stereocenters. The van der Waals surface area contributed by atoms with Crippen LogP contribution in [0.15, 0.2) is 29.2 Å². The van der Waals surface area contributed by atoms with Gasteiger partial charge in [-0.05, 0) is 24.4 Å². The minimum Gasteiger partial charge on any atom is -0.337 e. The van der Waals surface area contributed by atoms with Crippen molar-refractivity contribution in [2.75, 3.05) is 24.5 Å². The van der Waals surface area contributed by atoms with Gasteiger partial charge in [0.1, 0.15) is 5.82 Å². The molecule has 0 N–H and O–H groups in total. The molecule has 2 aliphatic heterocycles. The van der Waals surface area contributed by atoms with Crippen LogP contribution in [0.4, 0.5) is 5.69 Å². The Balaban J connectivity index is 1.46. The maximum atomic E-state index is 12.4. The standard InChI is InChI=1S/C16H20N4OS/c1-18-6-4-17-14(18)9-19-5-3-16(11-19)8-15(21)20(12-16)13-2-7-22-10-13/h2,4,6-7,10H,3,5,8-9,11-12H2,1H3/t16-/m1/s1. The largest absolute Gasteiger partial charge is 0.337 e. The third kappa shape index (κ3) is 2.36. The molecule has 0 bridgehead atoms. The Labute approximate surface area is 134 Å². The van der Waals surface area contributed by atoms with Crippen molar-refractivity contribution in [3.05, 3.63) is 35.0 Å². The number of carbonyl (C=O) groups excluding carboxylic acids is 1. The SMILES string of the molecule is Cn1ccnc1CN1CC[C@@]2(CC(=O)N(c3ccsc3)C2)C1. The first-order valence-electron chi connectivity index (χ1n) is 7.66. The second-order valence-corrected chi connectivity index (χ2v) is 7.33. The predicted octanol–water partition coefficient (Wildman–Crippen LogP) is 2.11. The van der Waals surface area contributed by atoms with Gasteiger partial charge in [-0.15, -0.1) is 0 Å². The number of hydrogen-bond donors (Lipinski definition) is 0.